The molecule has 3 aromatic rings. The molecule has 1 unspecified atom stereocenters. The molecule has 3 aromatic heterocycles. The number of ether oxygens (including phenoxy) is 2. The van der Waals surface area contributed by atoms with Crippen LogP contribution in [0.25, 0.3) is 16.9 Å². The second kappa shape index (κ2) is 8.72. The predicted molar refractivity (Wildman–Crippen MR) is 115 cm³/mol. The summed E-state index contributed by atoms with van der Waals surface area (Å²) in [5.41, 5.74) is 3.01. The van der Waals surface area contributed by atoms with Crippen molar-refractivity contribution >= 4 is 16.9 Å². The first-order valence-electron chi connectivity index (χ1n) is 11.0. The van der Waals surface area contributed by atoms with Gasteiger partial charge in [0.15, 0.2) is 11.5 Å². The smallest absolute Gasteiger partial charge is 0.252 e. The molecule has 1 N–H and O–H groups in total. The summed E-state index contributed by atoms with van der Waals surface area (Å²) in [4.78, 5) is 22.4. The molecule has 1 aliphatic carbocycles. The van der Waals surface area contributed by atoms with Crippen LogP contribution < -0.4 is 5.32 Å². The summed E-state index contributed by atoms with van der Waals surface area (Å²) < 4.78 is 13.0. The van der Waals surface area contributed by atoms with Crippen molar-refractivity contribution < 1.29 is 14.3 Å². The fourth-order valence-electron chi connectivity index (χ4n) is 4.04. The molecule has 0 bridgehead atoms. The minimum atomic E-state index is -0.126. The number of fused-ring (bicyclic) bond motifs is 1. The van der Waals surface area contributed by atoms with Crippen LogP contribution in [-0.4, -0.2) is 58.1 Å². The van der Waals surface area contributed by atoms with E-state index < -0.39 is 0 Å². The van der Waals surface area contributed by atoms with E-state index in [1.54, 1.807) is 10.9 Å². The highest BCUT2D eigenvalue weighted by molar-refractivity contribution is 6.06. The lowest BCUT2D eigenvalue weighted by Gasteiger charge is -2.11. The van der Waals surface area contributed by atoms with Gasteiger partial charge >= 0.3 is 0 Å². The highest BCUT2D eigenvalue weighted by Crippen LogP contribution is 2.40. The fourth-order valence-corrected chi connectivity index (χ4v) is 4.04. The van der Waals surface area contributed by atoms with Gasteiger partial charge in [0.05, 0.1) is 36.0 Å². The molecular weight excluding hydrogens is 394 g/mol. The summed E-state index contributed by atoms with van der Waals surface area (Å²) in [7, 11) is 0. The molecule has 4 heterocycles. The molecule has 1 saturated heterocycles. The van der Waals surface area contributed by atoms with E-state index in [2.05, 4.69) is 15.4 Å². The lowest BCUT2D eigenvalue weighted by Crippen LogP contribution is -2.28. The van der Waals surface area contributed by atoms with Crippen molar-refractivity contribution in [3.05, 3.63) is 47.4 Å². The number of pyridine rings is 2. The van der Waals surface area contributed by atoms with Crippen molar-refractivity contribution in [3.8, 4) is 5.82 Å². The molecule has 0 radical (unpaired) electrons. The van der Waals surface area contributed by atoms with Crippen molar-refractivity contribution in [1.29, 1.82) is 0 Å². The standard InChI is InChI=1S/C23H27N5O3/c1-15-21-18(23(29)25-10-12-30-14-17-5-4-11-31-17)13-19(16-7-8-16)26-22(21)28(27-15)20-6-2-3-9-24-20/h2-3,6,9,13,16-17H,4-5,7-8,10-12,14H2,1H3,(H,25,29). The number of aromatic nitrogens is 4. The Morgan fingerprint density at radius 2 is 2.23 bits per heavy atom. The molecular formula is C23H27N5O3. The number of hydrogen-bond donors (Lipinski definition) is 1. The van der Waals surface area contributed by atoms with E-state index in [9.17, 15) is 4.79 Å². The highest BCUT2D eigenvalue weighted by atomic mass is 16.5. The Bertz CT molecular complexity index is 1070. The van der Waals surface area contributed by atoms with Crippen molar-refractivity contribution in [3.63, 3.8) is 0 Å². The Labute approximate surface area is 181 Å². The number of hydrogen-bond acceptors (Lipinski definition) is 6. The van der Waals surface area contributed by atoms with Gasteiger partial charge in [0.25, 0.3) is 5.91 Å². The second-order valence-corrected chi connectivity index (χ2v) is 8.22. The zero-order valence-electron chi connectivity index (χ0n) is 17.7. The molecule has 8 nitrogen and oxygen atoms in total. The van der Waals surface area contributed by atoms with Crippen LogP contribution in [0.2, 0.25) is 0 Å². The van der Waals surface area contributed by atoms with Gasteiger partial charge in [0.2, 0.25) is 0 Å². The normalized spacial score (nSPS) is 18.5. The Morgan fingerprint density at radius 3 is 2.97 bits per heavy atom. The third kappa shape index (κ3) is 4.31. The number of carbonyl (C=O) groups is 1. The molecule has 8 heteroatoms. The SMILES string of the molecule is Cc1nn(-c2ccccn2)c2nc(C3CC3)cc(C(=O)NCCOCC3CCCO3)c12. The lowest BCUT2D eigenvalue weighted by molar-refractivity contribution is 0.0183. The largest absolute Gasteiger partial charge is 0.377 e. The molecule has 162 valence electrons. The topological polar surface area (TPSA) is 91.2 Å². The van der Waals surface area contributed by atoms with E-state index in [1.807, 2.05) is 31.2 Å². The van der Waals surface area contributed by atoms with Gasteiger partial charge in [-0.05, 0) is 50.8 Å². The van der Waals surface area contributed by atoms with Crippen molar-refractivity contribution in [1.82, 2.24) is 25.1 Å². The average molecular weight is 422 g/mol. The summed E-state index contributed by atoms with van der Waals surface area (Å²) >= 11 is 0. The van der Waals surface area contributed by atoms with Gasteiger partial charge in [0, 0.05) is 31.0 Å². The molecule has 31 heavy (non-hydrogen) atoms. The lowest BCUT2D eigenvalue weighted by atomic mass is 10.1. The van der Waals surface area contributed by atoms with E-state index >= 15 is 0 Å². The minimum absolute atomic E-state index is 0.126. The van der Waals surface area contributed by atoms with E-state index in [4.69, 9.17) is 14.5 Å². The third-order valence-electron chi connectivity index (χ3n) is 5.80. The van der Waals surface area contributed by atoms with Crippen LogP contribution in [0.15, 0.2) is 30.5 Å². The first kappa shape index (κ1) is 20.1. The summed E-state index contributed by atoms with van der Waals surface area (Å²) in [5, 5.41) is 8.42. The first-order chi connectivity index (χ1) is 15.2. The monoisotopic (exact) mass is 421 g/mol. The number of nitrogens with one attached hydrogen (secondary N) is 1. The summed E-state index contributed by atoms with van der Waals surface area (Å²) in [6.45, 7) is 4.21. The van der Waals surface area contributed by atoms with Gasteiger partial charge in [-0.1, -0.05) is 6.07 Å². The van der Waals surface area contributed by atoms with E-state index in [0.717, 1.165) is 49.1 Å². The van der Waals surface area contributed by atoms with Crippen LogP contribution in [0.4, 0.5) is 0 Å². The zero-order chi connectivity index (χ0) is 21.2. The molecule has 0 aromatic carbocycles. The summed E-state index contributed by atoms with van der Waals surface area (Å²) in [5.74, 6) is 0.978. The van der Waals surface area contributed by atoms with Gasteiger partial charge in [-0.25, -0.2) is 9.97 Å². The molecule has 0 spiro atoms. The quantitative estimate of drug-likeness (QED) is 0.563. The molecule has 5 rings (SSSR count). The molecule has 1 atom stereocenters. The Hall–Kier alpha value is -2.84. The zero-order valence-corrected chi connectivity index (χ0v) is 17.7. The first-order valence-corrected chi connectivity index (χ1v) is 11.0. The van der Waals surface area contributed by atoms with Gasteiger partial charge in [0.1, 0.15) is 0 Å². The van der Waals surface area contributed by atoms with Gasteiger partial charge in [-0.2, -0.15) is 9.78 Å². The second-order valence-electron chi connectivity index (χ2n) is 8.22. The van der Waals surface area contributed by atoms with Gasteiger partial charge in [-0.15, -0.1) is 0 Å². The van der Waals surface area contributed by atoms with Crippen molar-refractivity contribution in [2.24, 2.45) is 0 Å². The van der Waals surface area contributed by atoms with Crippen molar-refractivity contribution in [2.75, 3.05) is 26.4 Å². The molecule has 1 aliphatic heterocycles. The van der Waals surface area contributed by atoms with Crippen LogP contribution in [0.1, 0.15) is 53.3 Å². The maximum Gasteiger partial charge on any atom is 0.252 e. The maximum atomic E-state index is 13.1. The summed E-state index contributed by atoms with van der Waals surface area (Å²) in [6.07, 6.45) is 6.27. The number of carbonyl (C=O) groups excluding carboxylic acids is 1. The third-order valence-corrected chi connectivity index (χ3v) is 5.80. The van der Waals surface area contributed by atoms with Crippen LogP contribution >= 0.6 is 0 Å². The van der Waals surface area contributed by atoms with Gasteiger partial charge < -0.3 is 14.8 Å². The Balaban J connectivity index is 1.37. The van der Waals surface area contributed by atoms with Crippen LogP contribution in [0.3, 0.4) is 0 Å². The number of amides is 1. The molecule has 1 saturated carbocycles. The van der Waals surface area contributed by atoms with E-state index in [0.29, 0.717) is 42.7 Å². The Morgan fingerprint density at radius 1 is 1.32 bits per heavy atom. The maximum absolute atomic E-state index is 13.1. The van der Waals surface area contributed by atoms with Crippen LogP contribution in [0, 0.1) is 6.92 Å². The molecule has 2 aliphatic rings. The fraction of sp³-hybridized carbons (Fsp3) is 0.478. The number of aryl methyl sites for hydroxylation is 1. The van der Waals surface area contributed by atoms with Crippen molar-refractivity contribution in [2.45, 2.75) is 44.6 Å². The van der Waals surface area contributed by atoms with Crippen LogP contribution in [0.5, 0.6) is 0 Å². The summed E-state index contributed by atoms with van der Waals surface area (Å²) in [6, 6.07) is 7.60. The number of rotatable bonds is 8. The number of nitrogens with zero attached hydrogens (tertiary/aromatic N) is 4. The molecule has 1 amide bonds. The van der Waals surface area contributed by atoms with Crippen LogP contribution in [-0.2, 0) is 9.47 Å². The van der Waals surface area contributed by atoms with Gasteiger partial charge in [-0.3, -0.25) is 4.79 Å². The Kier molecular flexibility index (Phi) is 5.65. The average Bonchev–Trinajstić information content (AvgIpc) is 3.42. The predicted octanol–water partition coefficient (Wildman–Crippen LogP) is 2.93. The molecule has 2 fully saturated rings. The minimum Gasteiger partial charge on any atom is -0.377 e. The van der Waals surface area contributed by atoms with E-state index in [-0.39, 0.29) is 12.0 Å². The van der Waals surface area contributed by atoms with E-state index in [1.165, 1.54) is 0 Å². The highest BCUT2D eigenvalue weighted by Gasteiger charge is 2.29.